The number of rotatable bonds is 6. The van der Waals surface area contributed by atoms with E-state index in [1.165, 1.54) is 23.9 Å². The van der Waals surface area contributed by atoms with Gasteiger partial charge in [-0.25, -0.2) is 0 Å². The summed E-state index contributed by atoms with van der Waals surface area (Å²) in [6.45, 7) is 0. The Labute approximate surface area is 90.1 Å². The predicted molar refractivity (Wildman–Crippen MR) is 48.8 cm³/mol. The zero-order chi connectivity index (χ0) is 11.3. The number of hydrogen-bond donors (Lipinski definition) is 0. The van der Waals surface area contributed by atoms with Gasteiger partial charge >= 0.3 is 0 Å². The van der Waals surface area contributed by atoms with Crippen molar-refractivity contribution in [2.24, 2.45) is 0 Å². The largest absolute Gasteiger partial charge is 0.550 e. The maximum Gasteiger partial charge on any atom is 0.149 e. The molecule has 0 spiro atoms. The van der Waals surface area contributed by atoms with Crippen LogP contribution in [0.15, 0.2) is 16.5 Å². The van der Waals surface area contributed by atoms with Gasteiger partial charge < -0.3 is 24.2 Å². The molecule has 1 aromatic heterocycles. The molecule has 0 fully saturated rings. The SMILES string of the molecule is O=C([O-])CCSCc1ccc(C(=O)[O-])o1. The second kappa shape index (κ2) is 5.45. The quantitative estimate of drug-likeness (QED) is 0.581. The number of carboxylic acid groups (broad SMARTS) is 2. The second-order valence-electron chi connectivity index (χ2n) is 2.73. The Morgan fingerprint density at radius 1 is 1.33 bits per heavy atom. The molecule has 0 aliphatic carbocycles. The van der Waals surface area contributed by atoms with E-state index >= 15 is 0 Å². The monoisotopic (exact) mass is 228 g/mol. The van der Waals surface area contributed by atoms with Crippen LogP contribution in [0.3, 0.4) is 0 Å². The first-order valence-electron chi connectivity index (χ1n) is 4.17. The van der Waals surface area contributed by atoms with Gasteiger partial charge in [0.05, 0.1) is 5.75 Å². The standard InChI is InChI=1S/C9H10O5S/c10-8(11)3-4-15-5-6-1-2-7(14-6)9(12)13/h1-2H,3-5H2,(H,10,11)(H,12,13)/p-2. The number of aromatic carboxylic acids is 1. The molecule has 0 unspecified atom stereocenters. The van der Waals surface area contributed by atoms with E-state index in [0.29, 0.717) is 17.3 Å². The van der Waals surface area contributed by atoms with Crippen LogP contribution in [0.25, 0.3) is 0 Å². The minimum atomic E-state index is -1.36. The molecule has 1 aromatic rings. The minimum Gasteiger partial charge on any atom is -0.550 e. The van der Waals surface area contributed by atoms with Crippen molar-refractivity contribution < 1.29 is 24.2 Å². The number of thioether (sulfide) groups is 1. The summed E-state index contributed by atoms with van der Waals surface area (Å²) in [7, 11) is 0. The predicted octanol–water partition coefficient (Wildman–Crippen LogP) is -0.984. The number of hydrogen-bond acceptors (Lipinski definition) is 6. The Hall–Kier alpha value is -1.43. The molecular weight excluding hydrogens is 220 g/mol. The summed E-state index contributed by atoms with van der Waals surface area (Å²) in [5, 5.41) is 20.4. The lowest BCUT2D eigenvalue weighted by Crippen LogP contribution is -2.22. The van der Waals surface area contributed by atoms with Crippen molar-refractivity contribution in [2.45, 2.75) is 12.2 Å². The first-order valence-corrected chi connectivity index (χ1v) is 5.32. The van der Waals surface area contributed by atoms with Gasteiger partial charge in [-0.2, -0.15) is 11.8 Å². The third kappa shape index (κ3) is 4.07. The van der Waals surface area contributed by atoms with Gasteiger partial charge in [0.15, 0.2) is 0 Å². The van der Waals surface area contributed by atoms with Crippen LogP contribution in [0.4, 0.5) is 0 Å². The van der Waals surface area contributed by atoms with E-state index in [1.54, 1.807) is 0 Å². The van der Waals surface area contributed by atoms with Crippen LogP contribution >= 0.6 is 11.8 Å². The molecule has 6 heteroatoms. The van der Waals surface area contributed by atoms with Gasteiger partial charge in [0.1, 0.15) is 17.5 Å². The third-order valence-electron chi connectivity index (χ3n) is 1.56. The molecule has 0 atom stereocenters. The molecule has 0 saturated heterocycles. The van der Waals surface area contributed by atoms with Crippen LogP contribution in [0.2, 0.25) is 0 Å². The molecule has 0 aliphatic heterocycles. The van der Waals surface area contributed by atoms with E-state index in [9.17, 15) is 19.8 Å². The van der Waals surface area contributed by atoms with Crippen molar-refractivity contribution in [3.63, 3.8) is 0 Å². The topological polar surface area (TPSA) is 93.4 Å². The van der Waals surface area contributed by atoms with Crippen molar-refractivity contribution in [2.75, 3.05) is 5.75 Å². The summed E-state index contributed by atoms with van der Waals surface area (Å²) in [6, 6.07) is 2.83. The Balaban J connectivity index is 2.31. The van der Waals surface area contributed by atoms with Crippen molar-refractivity contribution >= 4 is 23.7 Å². The number of carbonyl (C=O) groups excluding carboxylic acids is 2. The van der Waals surface area contributed by atoms with Crippen molar-refractivity contribution in [1.29, 1.82) is 0 Å². The number of furan rings is 1. The molecule has 0 N–H and O–H groups in total. The zero-order valence-electron chi connectivity index (χ0n) is 7.73. The summed E-state index contributed by atoms with van der Waals surface area (Å²) in [5.74, 6) is -1.36. The van der Waals surface area contributed by atoms with E-state index < -0.39 is 11.9 Å². The highest BCUT2D eigenvalue weighted by atomic mass is 32.2. The van der Waals surface area contributed by atoms with Crippen LogP contribution < -0.4 is 10.2 Å². The Morgan fingerprint density at radius 3 is 2.60 bits per heavy atom. The van der Waals surface area contributed by atoms with E-state index in [2.05, 4.69) is 0 Å². The average Bonchev–Trinajstić information content (AvgIpc) is 2.60. The summed E-state index contributed by atoms with van der Waals surface area (Å²) in [6.07, 6.45) is -0.0290. The highest BCUT2D eigenvalue weighted by molar-refractivity contribution is 7.98. The normalized spacial score (nSPS) is 10.1. The molecule has 5 nitrogen and oxygen atoms in total. The zero-order valence-corrected chi connectivity index (χ0v) is 8.54. The maximum atomic E-state index is 10.3. The molecule has 1 heterocycles. The summed E-state index contributed by atoms with van der Waals surface area (Å²) >= 11 is 1.33. The molecule has 0 amide bonds. The lowest BCUT2D eigenvalue weighted by atomic mass is 10.4. The highest BCUT2D eigenvalue weighted by Gasteiger charge is 2.02. The summed E-state index contributed by atoms with van der Waals surface area (Å²) in [4.78, 5) is 20.4. The number of carbonyl (C=O) groups is 2. The Morgan fingerprint density at radius 2 is 2.07 bits per heavy atom. The molecule has 0 bridgehead atoms. The van der Waals surface area contributed by atoms with Gasteiger partial charge in [-0.15, -0.1) is 0 Å². The second-order valence-corrected chi connectivity index (χ2v) is 3.83. The van der Waals surface area contributed by atoms with Crippen LogP contribution in [0, 0.1) is 0 Å². The Kier molecular flexibility index (Phi) is 4.23. The first kappa shape index (κ1) is 11.6. The van der Waals surface area contributed by atoms with Gasteiger partial charge in [0.25, 0.3) is 0 Å². The molecule has 0 aromatic carbocycles. The van der Waals surface area contributed by atoms with E-state index in [0.717, 1.165) is 0 Å². The van der Waals surface area contributed by atoms with Crippen molar-refractivity contribution in [3.05, 3.63) is 23.7 Å². The fourth-order valence-corrected chi connectivity index (χ4v) is 1.71. The number of aliphatic carboxylic acids is 1. The molecular formula is C9H8O5S-2. The molecule has 15 heavy (non-hydrogen) atoms. The van der Waals surface area contributed by atoms with Gasteiger partial charge in [0, 0.05) is 5.97 Å². The van der Waals surface area contributed by atoms with Gasteiger partial charge in [-0.05, 0) is 24.3 Å². The number of carboxylic acids is 2. The maximum absolute atomic E-state index is 10.3. The summed E-state index contributed by atoms with van der Waals surface area (Å²) < 4.78 is 4.91. The molecule has 82 valence electrons. The molecule has 0 saturated carbocycles. The van der Waals surface area contributed by atoms with E-state index in [1.807, 2.05) is 0 Å². The average molecular weight is 228 g/mol. The lowest BCUT2D eigenvalue weighted by molar-refractivity contribution is -0.305. The van der Waals surface area contributed by atoms with Gasteiger partial charge in [-0.1, -0.05) is 0 Å². The van der Waals surface area contributed by atoms with Crippen LogP contribution in [-0.4, -0.2) is 17.7 Å². The fourth-order valence-electron chi connectivity index (χ4n) is 0.893. The molecule has 0 aliphatic rings. The van der Waals surface area contributed by atoms with Crippen LogP contribution in [0.5, 0.6) is 0 Å². The highest BCUT2D eigenvalue weighted by Crippen LogP contribution is 2.15. The van der Waals surface area contributed by atoms with Crippen molar-refractivity contribution in [3.8, 4) is 0 Å². The van der Waals surface area contributed by atoms with E-state index in [4.69, 9.17) is 4.42 Å². The first-order chi connectivity index (χ1) is 7.09. The summed E-state index contributed by atoms with van der Waals surface area (Å²) in [5.41, 5.74) is 0. The van der Waals surface area contributed by atoms with Crippen LogP contribution in [-0.2, 0) is 10.5 Å². The van der Waals surface area contributed by atoms with Crippen LogP contribution in [0.1, 0.15) is 22.7 Å². The fraction of sp³-hybridized carbons (Fsp3) is 0.333. The smallest absolute Gasteiger partial charge is 0.149 e. The Bertz CT molecular complexity index is 357. The minimum absolute atomic E-state index is 0.0290. The third-order valence-corrected chi connectivity index (χ3v) is 2.54. The van der Waals surface area contributed by atoms with Gasteiger partial charge in [0.2, 0.25) is 0 Å². The lowest BCUT2D eigenvalue weighted by Gasteiger charge is -2.00. The van der Waals surface area contributed by atoms with Gasteiger partial charge in [-0.3, -0.25) is 0 Å². The van der Waals surface area contributed by atoms with E-state index in [-0.39, 0.29) is 12.2 Å². The molecule has 0 radical (unpaired) electrons. The van der Waals surface area contributed by atoms with Crippen molar-refractivity contribution in [1.82, 2.24) is 0 Å². The molecule has 1 rings (SSSR count).